The Kier molecular flexibility index (Phi) is 4.42. The van der Waals surface area contributed by atoms with E-state index < -0.39 is 0 Å². The highest BCUT2D eigenvalue weighted by Gasteiger charge is 2.35. The Morgan fingerprint density at radius 1 is 1.10 bits per heavy atom. The average molecular weight is 272 g/mol. The van der Waals surface area contributed by atoms with E-state index in [4.69, 9.17) is 0 Å². The first-order chi connectivity index (χ1) is 9.75. The van der Waals surface area contributed by atoms with Gasteiger partial charge in [0.25, 0.3) is 0 Å². The zero-order valence-electron chi connectivity index (χ0n) is 12.9. The number of hydrogen-bond acceptors (Lipinski definition) is 2. The molecule has 0 aromatic heterocycles. The molecule has 20 heavy (non-hydrogen) atoms. The van der Waals surface area contributed by atoms with Crippen LogP contribution in [0.15, 0.2) is 30.3 Å². The minimum atomic E-state index is 0.561. The van der Waals surface area contributed by atoms with Crippen molar-refractivity contribution in [1.82, 2.24) is 10.2 Å². The molecule has 2 aliphatic rings. The van der Waals surface area contributed by atoms with Crippen molar-refractivity contribution in [2.75, 3.05) is 19.6 Å². The van der Waals surface area contributed by atoms with Crippen molar-refractivity contribution in [3.8, 4) is 0 Å². The number of nitrogens with zero attached hydrogens (tertiary/aromatic N) is 1. The molecule has 1 saturated heterocycles. The van der Waals surface area contributed by atoms with Gasteiger partial charge in [-0.3, -0.25) is 4.90 Å². The number of piperazine rings is 1. The van der Waals surface area contributed by atoms with Gasteiger partial charge >= 0.3 is 0 Å². The van der Waals surface area contributed by atoms with E-state index in [1.165, 1.54) is 31.4 Å². The van der Waals surface area contributed by atoms with Crippen molar-refractivity contribution < 1.29 is 0 Å². The molecule has 0 radical (unpaired) electrons. The van der Waals surface area contributed by atoms with Gasteiger partial charge in [0.05, 0.1) is 0 Å². The van der Waals surface area contributed by atoms with Crippen LogP contribution in [0.25, 0.3) is 0 Å². The summed E-state index contributed by atoms with van der Waals surface area (Å²) in [5, 5.41) is 3.58. The number of benzene rings is 1. The zero-order chi connectivity index (χ0) is 13.9. The maximum atomic E-state index is 3.58. The molecule has 110 valence electrons. The van der Waals surface area contributed by atoms with Crippen LogP contribution in [-0.4, -0.2) is 30.6 Å². The van der Waals surface area contributed by atoms with E-state index in [1.807, 2.05) is 0 Å². The summed E-state index contributed by atoms with van der Waals surface area (Å²) in [6.45, 7) is 8.32. The Labute approximate surface area is 123 Å². The molecule has 1 heterocycles. The molecule has 2 heteroatoms. The predicted molar refractivity (Wildman–Crippen MR) is 84.7 cm³/mol. The van der Waals surface area contributed by atoms with E-state index in [2.05, 4.69) is 54.4 Å². The molecule has 1 aromatic rings. The molecule has 1 aromatic carbocycles. The average Bonchev–Trinajstić information content (AvgIpc) is 2.48. The lowest BCUT2D eigenvalue weighted by Gasteiger charge is -2.47. The van der Waals surface area contributed by atoms with Crippen LogP contribution < -0.4 is 5.32 Å². The van der Waals surface area contributed by atoms with Crippen LogP contribution in [0, 0.1) is 11.8 Å². The van der Waals surface area contributed by atoms with E-state index >= 15 is 0 Å². The summed E-state index contributed by atoms with van der Waals surface area (Å²) in [6, 6.07) is 12.4. The second-order valence-corrected chi connectivity index (χ2v) is 6.83. The Morgan fingerprint density at radius 3 is 2.65 bits per heavy atom. The molecular weight excluding hydrogens is 244 g/mol. The van der Waals surface area contributed by atoms with Gasteiger partial charge in [-0.05, 0) is 36.7 Å². The van der Waals surface area contributed by atoms with Gasteiger partial charge in [-0.15, -0.1) is 0 Å². The molecule has 1 aliphatic heterocycles. The summed E-state index contributed by atoms with van der Waals surface area (Å²) >= 11 is 0. The third kappa shape index (κ3) is 2.91. The normalized spacial score (nSPS) is 35.9. The van der Waals surface area contributed by atoms with E-state index in [1.54, 1.807) is 0 Å². The van der Waals surface area contributed by atoms with E-state index in [0.29, 0.717) is 6.04 Å². The van der Waals surface area contributed by atoms with Crippen molar-refractivity contribution >= 4 is 0 Å². The molecule has 3 rings (SSSR count). The van der Waals surface area contributed by atoms with Crippen LogP contribution in [0.1, 0.15) is 44.7 Å². The minimum absolute atomic E-state index is 0.561. The molecule has 1 saturated carbocycles. The molecule has 0 bridgehead atoms. The summed E-state index contributed by atoms with van der Waals surface area (Å²) in [5.74, 6) is 1.75. The van der Waals surface area contributed by atoms with Crippen molar-refractivity contribution in [2.24, 2.45) is 11.8 Å². The SMILES string of the molecule is CC1CCC(N2CCNCC2c2ccccc2)C(C)C1. The van der Waals surface area contributed by atoms with Crippen molar-refractivity contribution in [3.63, 3.8) is 0 Å². The molecule has 1 aliphatic carbocycles. The fourth-order valence-electron chi connectivity index (χ4n) is 4.24. The quantitative estimate of drug-likeness (QED) is 0.887. The van der Waals surface area contributed by atoms with Crippen LogP contribution >= 0.6 is 0 Å². The van der Waals surface area contributed by atoms with Crippen LogP contribution in [0.2, 0.25) is 0 Å². The predicted octanol–water partition coefficient (Wildman–Crippen LogP) is 3.46. The van der Waals surface area contributed by atoms with Crippen molar-refractivity contribution in [1.29, 1.82) is 0 Å². The highest BCUT2D eigenvalue weighted by atomic mass is 15.2. The second-order valence-electron chi connectivity index (χ2n) is 6.83. The third-order valence-corrected chi connectivity index (χ3v) is 5.28. The zero-order valence-corrected chi connectivity index (χ0v) is 12.9. The van der Waals surface area contributed by atoms with Gasteiger partial charge < -0.3 is 5.32 Å². The van der Waals surface area contributed by atoms with Crippen LogP contribution in [0.5, 0.6) is 0 Å². The first kappa shape index (κ1) is 14.1. The van der Waals surface area contributed by atoms with Crippen molar-refractivity contribution in [2.45, 2.75) is 45.2 Å². The maximum Gasteiger partial charge on any atom is 0.0476 e. The topological polar surface area (TPSA) is 15.3 Å². The lowest BCUT2D eigenvalue weighted by atomic mass is 9.78. The van der Waals surface area contributed by atoms with Gasteiger partial charge in [0.15, 0.2) is 0 Å². The number of rotatable bonds is 2. The summed E-state index contributed by atoms with van der Waals surface area (Å²) in [7, 11) is 0. The molecule has 4 atom stereocenters. The molecule has 0 spiro atoms. The number of hydrogen-bond donors (Lipinski definition) is 1. The van der Waals surface area contributed by atoms with Gasteiger partial charge in [0.1, 0.15) is 0 Å². The second kappa shape index (κ2) is 6.28. The Bertz CT molecular complexity index is 417. The fourth-order valence-corrected chi connectivity index (χ4v) is 4.24. The van der Waals surface area contributed by atoms with Gasteiger partial charge in [-0.1, -0.05) is 44.2 Å². The Hall–Kier alpha value is -0.860. The maximum absolute atomic E-state index is 3.58. The lowest BCUT2D eigenvalue weighted by Crippen LogP contribution is -2.53. The highest BCUT2D eigenvalue weighted by Crippen LogP contribution is 2.36. The van der Waals surface area contributed by atoms with Gasteiger partial charge in [-0.2, -0.15) is 0 Å². The summed E-state index contributed by atoms with van der Waals surface area (Å²) in [6.07, 6.45) is 4.18. The molecule has 2 nitrogen and oxygen atoms in total. The Morgan fingerprint density at radius 2 is 1.90 bits per heavy atom. The molecule has 4 unspecified atom stereocenters. The van der Waals surface area contributed by atoms with Gasteiger partial charge in [0, 0.05) is 31.7 Å². The molecule has 2 fully saturated rings. The monoisotopic (exact) mass is 272 g/mol. The fraction of sp³-hybridized carbons (Fsp3) is 0.667. The van der Waals surface area contributed by atoms with E-state index in [0.717, 1.165) is 31.0 Å². The largest absolute Gasteiger partial charge is 0.314 e. The van der Waals surface area contributed by atoms with Gasteiger partial charge in [0.2, 0.25) is 0 Å². The Balaban J connectivity index is 1.79. The molecular formula is C18H28N2. The molecule has 1 N–H and O–H groups in total. The smallest absolute Gasteiger partial charge is 0.0476 e. The molecule has 0 amide bonds. The van der Waals surface area contributed by atoms with Crippen molar-refractivity contribution in [3.05, 3.63) is 35.9 Å². The van der Waals surface area contributed by atoms with Crippen LogP contribution in [0.3, 0.4) is 0 Å². The summed E-state index contributed by atoms with van der Waals surface area (Å²) in [5.41, 5.74) is 1.48. The third-order valence-electron chi connectivity index (χ3n) is 5.28. The van der Waals surface area contributed by atoms with Crippen LogP contribution in [-0.2, 0) is 0 Å². The standard InChI is InChI=1S/C18H28N2/c1-14-8-9-17(15(2)12-14)20-11-10-19-13-18(20)16-6-4-3-5-7-16/h3-7,14-15,17-19H,8-13H2,1-2H3. The first-order valence-electron chi connectivity index (χ1n) is 8.27. The van der Waals surface area contributed by atoms with Gasteiger partial charge in [-0.25, -0.2) is 0 Å². The summed E-state index contributed by atoms with van der Waals surface area (Å²) < 4.78 is 0. The lowest BCUT2D eigenvalue weighted by molar-refractivity contribution is 0.0402. The minimum Gasteiger partial charge on any atom is -0.314 e. The first-order valence-corrected chi connectivity index (χ1v) is 8.27. The van der Waals surface area contributed by atoms with E-state index in [-0.39, 0.29) is 0 Å². The summed E-state index contributed by atoms with van der Waals surface area (Å²) in [4.78, 5) is 2.79. The highest BCUT2D eigenvalue weighted by molar-refractivity contribution is 5.20. The van der Waals surface area contributed by atoms with Crippen LogP contribution in [0.4, 0.5) is 0 Å². The van der Waals surface area contributed by atoms with E-state index in [9.17, 15) is 0 Å². The number of nitrogens with one attached hydrogen (secondary N) is 1.